The number of primary amides is 1. The summed E-state index contributed by atoms with van der Waals surface area (Å²) in [6.07, 6.45) is 0. The Morgan fingerprint density at radius 3 is 2.08 bits per heavy atom. The van der Waals surface area contributed by atoms with Crippen LogP contribution in [0.3, 0.4) is 0 Å². The highest BCUT2D eigenvalue weighted by Crippen LogP contribution is 2.30. The van der Waals surface area contributed by atoms with Gasteiger partial charge in [-0.25, -0.2) is 14.3 Å². The maximum Gasteiger partial charge on any atom is 0.352 e. The van der Waals surface area contributed by atoms with Crippen LogP contribution in [0.5, 0.6) is 0 Å². The van der Waals surface area contributed by atoms with Gasteiger partial charge in [-0.1, -0.05) is 40.0 Å². The molecule has 2 heterocycles. The molecule has 0 aliphatic carbocycles. The predicted octanol–water partition coefficient (Wildman–Crippen LogP) is 1.96. The molecule has 0 bridgehead atoms. The molecule has 1 amide bonds. The zero-order chi connectivity index (χ0) is 28.1. The largest absolute Gasteiger partial charge is 0.477 e. The van der Waals surface area contributed by atoms with Gasteiger partial charge in [0, 0.05) is 16.7 Å². The van der Waals surface area contributed by atoms with Gasteiger partial charge in [-0.2, -0.15) is 0 Å². The molecular weight excluding hydrogens is 565 g/mol. The van der Waals surface area contributed by atoms with Crippen LogP contribution in [0.1, 0.15) is 42.5 Å². The quantitative estimate of drug-likeness (QED) is 0.210. The number of nitrogen functional groups attached to an aromatic ring is 1. The van der Waals surface area contributed by atoms with Gasteiger partial charge in [-0.3, -0.25) is 19.4 Å². The lowest BCUT2D eigenvalue weighted by Gasteiger charge is -2.10. The Morgan fingerprint density at radius 1 is 0.974 bits per heavy atom. The van der Waals surface area contributed by atoms with E-state index in [2.05, 4.69) is 10.3 Å². The number of nitrogens with two attached hydrogens (primary N) is 2. The highest BCUT2D eigenvalue weighted by Gasteiger charge is 2.20. The van der Waals surface area contributed by atoms with E-state index in [4.69, 9.17) is 51.4 Å². The number of benzene rings is 2. The molecule has 0 saturated carbocycles. The number of nitrogens with one attached hydrogen (secondary N) is 2. The monoisotopic (exact) mass is 579 g/mol. The summed E-state index contributed by atoms with van der Waals surface area (Å²) in [7, 11) is 0. The standard InChI is InChI=1S/C17H12Cl3N5O2.C5H4N2O4/c18-10-3-1-9(2-4-10)15(26)13-11(19)5-8(6-12(13)20)7-25-16(21)14(17(22)27)23-24-25;8-3-1-2(4(9)10)6-5(11)7-3/h1-6H,7,21H2,(H2,22,27);1H,(H,9,10)(H2,6,7,8,11). The second-order valence-electron chi connectivity index (χ2n) is 7.42. The molecule has 7 N–H and O–H groups in total. The van der Waals surface area contributed by atoms with Gasteiger partial charge in [-0.15, -0.1) is 5.10 Å². The van der Waals surface area contributed by atoms with Crippen molar-refractivity contribution in [1.82, 2.24) is 25.0 Å². The summed E-state index contributed by atoms with van der Waals surface area (Å²) >= 11 is 18.4. The van der Waals surface area contributed by atoms with Crippen molar-refractivity contribution < 1.29 is 19.5 Å². The molecular formula is C22H16Cl3N7O6. The molecule has 0 unspecified atom stereocenters. The number of nitrogens with zero attached hydrogens (tertiary/aromatic N) is 3. The number of carbonyl (C=O) groups excluding carboxylic acids is 2. The van der Waals surface area contributed by atoms with E-state index in [1.165, 1.54) is 4.68 Å². The smallest absolute Gasteiger partial charge is 0.352 e. The third-order valence-corrected chi connectivity index (χ3v) is 5.61. The van der Waals surface area contributed by atoms with Crippen LogP contribution in [-0.2, 0) is 6.54 Å². The third-order valence-electron chi connectivity index (χ3n) is 4.77. The number of hydrogen-bond donors (Lipinski definition) is 5. The van der Waals surface area contributed by atoms with Gasteiger partial charge < -0.3 is 21.6 Å². The van der Waals surface area contributed by atoms with E-state index >= 15 is 0 Å². The number of carbonyl (C=O) groups is 3. The molecule has 2 aromatic carbocycles. The maximum atomic E-state index is 12.7. The molecule has 0 aliphatic heterocycles. The van der Waals surface area contributed by atoms with Crippen LogP contribution in [0.2, 0.25) is 15.1 Å². The number of rotatable bonds is 6. The number of aromatic nitrogens is 5. The summed E-state index contributed by atoms with van der Waals surface area (Å²) in [5, 5.41) is 16.6. The zero-order valence-corrected chi connectivity index (χ0v) is 21.1. The first-order valence-electron chi connectivity index (χ1n) is 10.2. The third kappa shape index (κ3) is 6.64. The zero-order valence-electron chi connectivity index (χ0n) is 18.9. The normalized spacial score (nSPS) is 10.4. The molecule has 4 aromatic rings. The van der Waals surface area contributed by atoms with Crippen molar-refractivity contribution >= 4 is 58.3 Å². The van der Waals surface area contributed by atoms with Crippen LogP contribution in [0.25, 0.3) is 0 Å². The van der Waals surface area contributed by atoms with Gasteiger partial charge >= 0.3 is 11.7 Å². The second kappa shape index (κ2) is 11.7. The number of H-pyrrole nitrogens is 2. The van der Waals surface area contributed by atoms with E-state index in [0.717, 1.165) is 6.07 Å². The van der Waals surface area contributed by atoms with E-state index < -0.39 is 28.8 Å². The topological polar surface area (TPSA) is 220 Å². The number of aromatic amines is 2. The molecule has 4 rings (SSSR count). The van der Waals surface area contributed by atoms with Gasteiger partial charge in [-0.05, 0) is 42.0 Å². The van der Waals surface area contributed by atoms with Gasteiger partial charge in [0.15, 0.2) is 17.3 Å². The lowest BCUT2D eigenvalue weighted by molar-refractivity contribution is 0.0689. The fraction of sp³-hybridized carbons (Fsp3) is 0.0455. The second-order valence-corrected chi connectivity index (χ2v) is 8.67. The van der Waals surface area contributed by atoms with Crippen LogP contribution in [0.15, 0.2) is 52.1 Å². The summed E-state index contributed by atoms with van der Waals surface area (Å²) in [6, 6.07) is 10.3. The minimum atomic E-state index is -1.34. The highest BCUT2D eigenvalue weighted by atomic mass is 35.5. The Balaban J connectivity index is 0.000000304. The van der Waals surface area contributed by atoms with Crippen molar-refractivity contribution in [3.05, 3.63) is 106 Å². The van der Waals surface area contributed by atoms with Crippen molar-refractivity contribution in [2.45, 2.75) is 6.54 Å². The highest BCUT2D eigenvalue weighted by molar-refractivity contribution is 6.41. The minimum Gasteiger partial charge on any atom is -0.477 e. The summed E-state index contributed by atoms with van der Waals surface area (Å²) in [6.45, 7) is 0.140. The first kappa shape index (κ1) is 28.1. The van der Waals surface area contributed by atoms with Gasteiger partial charge in [0.1, 0.15) is 5.69 Å². The van der Waals surface area contributed by atoms with Crippen molar-refractivity contribution in [1.29, 1.82) is 0 Å². The molecule has 38 heavy (non-hydrogen) atoms. The van der Waals surface area contributed by atoms with Crippen LogP contribution in [0.4, 0.5) is 5.82 Å². The van der Waals surface area contributed by atoms with E-state index in [1.807, 2.05) is 9.97 Å². The number of halogens is 3. The number of anilines is 1. The minimum absolute atomic E-state index is 0.0241. The fourth-order valence-corrected chi connectivity index (χ4v) is 3.88. The number of aromatic carboxylic acids is 1. The van der Waals surface area contributed by atoms with E-state index in [9.17, 15) is 24.0 Å². The van der Waals surface area contributed by atoms with Crippen LogP contribution < -0.4 is 22.7 Å². The lowest BCUT2D eigenvalue weighted by atomic mass is 10.0. The molecule has 0 atom stereocenters. The SMILES string of the molecule is NC(=O)c1nnn(Cc2cc(Cl)c(C(=O)c3ccc(Cl)cc3)c(Cl)c2)c1N.O=C(O)c1cc(=O)[nH]c(=O)[nH]1. The van der Waals surface area contributed by atoms with Crippen molar-refractivity contribution in [3.63, 3.8) is 0 Å². The van der Waals surface area contributed by atoms with Crippen LogP contribution in [0, 0.1) is 0 Å². The van der Waals surface area contributed by atoms with Crippen molar-refractivity contribution in [2.75, 3.05) is 5.73 Å². The average molecular weight is 581 g/mol. The Labute approximate surface area is 226 Å². The number of carboxylic acid groups (broad SMARTS) is 1. The summed E-state index contributed by atoms with van der Waals surface area (Å²) in [4.78, 5) is 58.8. The van der Waals surface area contributed by atoms with Gasteiger partial charge in [0.25, 0.3) is 11.5 Å². The molecule has 196 valence electrons. The molecule has 0 aliphatic rings. The summed E-state index contributed by atoms with van der Waals surface area (Å²) in [5.74, 6) is -2.42. The van der Waals surface area contributed by atoms with Gasteiger partial charge in [0.05, 0.1) is 22.2 Å². The Morgan fingerprint density at radius 2 is 1.58 bits per heavy atom. The Bertz CT molecular complexity index is 1610. The molecule has 2 aromatic heterocycles. The number of amides is 1. The molecule has 0 saturated heterocycles. The average Bonchev–Trinajstić information content (AvgIpc) is 3.19. The summed E-state index contributed by atoms with van der Waals surface area (Å²) in [5.41, 5.74) is 10.1. The van der Waals surface area contributed by atoms with Crippen LogP contribution in [-0.4, -0.2) is 47.7 Å². The number of ketones is 1. The Hall–Kier alpha value is -4.46. The molecule has 16 heteroatoms. The van der Waals surface area contributed by atoms with Gasteiger partial charge in [0.2, 0.25) is 0 Å². The first-order chi connectivity index (χ1) is 17.9. The summed E-state index contributed by atoms with van der Waals surface area (Å²) < 4.78 is 1.28. The first-order valence-corrected chi connectivity index (χ1v) is 11.3. The predicted molar refractivity (Wildman–Crippen MR) is 138 cm³/mol. The molecule has 13 nitrogen and oxygen atoms in total. The molecule has 0 spiro atoms. The number of carboxylic acids is 1. The maximum absolute atomic E-state index is 12.7. The molecule has 0 fully saturated rings. The Kier molecular flexibility index (Phi) is 8.68. The van der Waals surface area contributed by atoms with Crippen molar-refractivity contribution in [3.8, 4) is 0 Å². The number of hydrogen-bond acceptors (Lipinski definition) is 8. The molecule has 0 radical (unpaired) electrons. The lowest BCUT2D eigenvalue weighted by Crippen LogP contribution is -2.24. The fourth-order valence-electron chi connectivity index (χ4n) is 3.05. The van der Waals surface area contributed by atoms with Crippen molar-refractivity contribution in [2.24, 2.45) is 5.73 Å². The van der Waals surface area contributed by atoms with E-state index in [-0.39, 0.29) is 39.4 Å². The van der Waals surface area contributed by atoms with Crippen LogP contribution >= 0.6 is 34.8 Å². The van der Waals surface area contributed by atoms with E-state index in [1.54, 1.807) is 36.4 Å². The van der Waals surface area contributed by atoms with E-state index in [0.29, 0.717) is 16.1 Å².